The Hall–Kier alpha value is -1.35. The van der Waals surface area contributed by atoms with Crippen molar-refractivity contribution in [2.75, 3.05) is 7.11 Å². The van der Waals surface area contributed by atoms with Crippen LogP contribution in [0.3, 0.4) is 0 Å². The Labute approximate surface area is 76.8 Å². The average molecular weight is 181 g/mol. The third-order valence-electron chi connectivity index (χ3n) is 1.82. The summed E-state index contributed by atoms with van der Waals surface area (Å²) in [5.41, 5.74) is 6.01. The first-order valence-electron chi connectivity index (χ1n) is 3.90. The molecule has 0 aliphatic heterocycles. The van der Waals surface area contributed by atoms with Crippen LogP contribution < -0.4 is 10.5 Å². The van der Waals surface area contributed by atoms with Gasteiger partial charge in [0.2, 0.25) is 0 Å². The van der Waals surface area contributed by atoms with Gasteiger partial charge in [0.15, 0.2) is 0 Å². The molecule has 0 aromatic heterocycles. The third kappa shape index (κ3) is 2.06. The van der Waals surface area contributed by atoms with Gasteiger partial charge in [-0.25, -0.2) is 4.39 Å². The highest BCUT2D eigenvalue weighted by Gasteiger charge is 2.08. The Morgan fingerprint density at radius 3 is 2.77 bits per heavy atom. The van der Waals surface area contributed by atoms with Crippen LogP contribution in [0.1, 0.15) is 11.6 Å². The summed E-state index contributed by atoms with van der Waals surface area (Å²) in [6.07, 6.45) is 1.49. The number of methoxy groups -OCH3 is 1. The third-order valence-corrected chi connectivity index (χ3v) is 1.82. The molecule has 0 unspecified atom stereocenters. The molecular weight excluding hydrogens is 169 g/mol. The van der Waals surface area contributed by atoms with E-state index in [1.165, 1.54) is 19.3 Å². The Morgan fingerprint density at radius 2 is 2.31 bits per heavy atom. The van der Waals surface area contributed by atoms with Crippen molar-refractivity contribution in [3.8, 4) is 5.75 Å². The zero-order chi connectivity index (χ0) is 9.84. The standard InChI is InChI=1S/C10H12FNO/c1-3-10(12)8-5-4-7(13-2)6-9(8)11/h3-6,10H,1,12H2,2H3/t10-/m0/s1. The van der Waals surface area contributed by atoms with Crippen LogP contribution in [-0.4, -0.2) is 7.11 Å². The van der Waals surface area contributed by atoms with E-state index in [4.69, 9.17) is 10.5 Å². The smallest absolute Gasteiger partial charge is 0.131 e. The summed E-state index contributed by atoms with van der Waals surface area (Å²) in [5.74, 6) is 0.115. The van der Waals surface area contributed by atoms with E-state index in [2.05, 4.69) is 6.58 Å². The molecule has 70 valence electrons. The van der Waals surface area contributed by atoms with Gasteiger partial charge in [-0.05, 0) is 6.07 Å². The number of rotatable bonds is 3. The first-order valence-corrected chi connectivity index (χ1v) is 3.90. The molecule has 0 saturated heterocycles. The van der Waals surface area contributed by atoms with Crippen LogP contribution in [0.15, 0.2) is 30.9 Å². The number of nitrogens with two attached hydrogens (primary N) is 1. The summed E-state index contributed by atoms with van der Waals surface area (Å²) >= 11 is 0. The van der Waals surface area contributed by atoms with E-state index in [9.17, 15) is 4.39 Å². The number of benzene rings is 1. The Balaban J connectivity index is 3.04. The molecule has 0 radical (unpaired) electrons. The lowest BCUT2D eigenvalue weighted by Gasteiger charge is -2.08. The number of hydrogen-bond acceptors (Lipinski definition) is 2. The minimum absolute atomic E-state index is 0.369. The second-order valence-electron chi connectivity index (χ2n) is 2.65. The van der Waals surface area contributed by atoms with Crippen LogP contribution in [0.25, 0.3) is 0 Å². The zero-order valence-electron chi connectivity index (χ0n) is 7.46. The van der Waals surface area contributed by atoms with Crippen LogP contribution in [0.2, 0.25) is 0 Å². The molecule has 0 heterocycles. The summed E-state index contributed by atoms with van der Waals surface area (Å²) in [4.78, 5) is 0. The predicted molar refractivity (Wildman–Crippen MR) is 50.1 cm³/mol. The van der Waals surface area contributed by atoms with Crippen LogP contribution >= 0.6 is 0 Å². The minimum atomic E-state index is -0.467. The van der Waals surface area contributed by atoms with Gasteiger partial charge in [0, 0.05) is 11.6 Å². The van der Waals surface area contributed by atoms with Crippen molar-refractivity contribution in [1.29, 1.82) is 0 Å². The predicted octanol–water partition coefficient (Wildman–Crippen LogP) is 2.02. The molecule has 0 saturated carbocycles. The second kappa shape index (κ2) is 4.05. The number of ether oxygens (including phenoxy) is 1. The molecule has 0 aliphatic carbocycles. The highest BCUT2D eigenvalue weighted by Crippen LogP contribution is 2.20. The summed E-state index contributed by atoms with van der Waals surface area (Å²) in [5, 5.41) is 0. The van der Waals surface area contributed by atoms with Crippen molar-refractivity contribution in [1.82, 2.24) is 0 Å². The largest absolute Gasteiger partial charge is 0.497 e. The highest BCUT2D eigenvalue weighted by molar-refractivity contribution is 5.32. The molecule has 1 aromatic carbocycles. The van der Waals surface area contributed by atoms with Gasteiger partial charge in [0.05, 0.1) is 13.2 Å². The summed E-state index contributed by atoms with van der Waals surface area (Å²) in [6, 6.07) is 4.10. The van der Waals surface area contributed by atoms with E-state index in [1.807, 2.05) is 0 Å². The lowest BCUT2D eigenvalue weighted by Crippen LogP contribution is -2.08. The molecule has 0 aliphatic rings. The van der Waals surface area contributed by atoms with Crippen LogP contribution in [-0.2, 0) is 0 Å². The second-order valence-corrected chi connectivity index (χ2v) is 2.65. The first kappa shape index (κ1) is 9.74. The maximum absolute atomic E-state index is 13.3. The van der Waals surface area contributed by atoms with Gasteiger partial charge >= 0.3 is 0 Å². The number of halogens is 1. The molecular formula is C10H12FNO. The quantitative estimate of drug-likeness (QED) is 0.724. The van der Waals surface area contributed by atoms with Gasteiger partial charge in [-0.15, -0.1) is 6.58 Å². The SMILES string of the molecule is C=C[C@H](N)c1ccc(OC)cc1F. The van der Waals surface area contributed by atoms with Crippen molar-refractivity contribution in [2.45, 2.75) is 6.04 Å². The summed E-state index contributed by atoms with van der Waals surface area (Å²) < 4.78 is 18.1. The normalized spacial score (nSPS) is 12.2. The fourth-order valence-corrected chi connectivity index (χ4v) is 1.03. The molecule has 2 nitrogen and oxygen atoms in total. The monoisotopic (exact) mass is 181 g/mol. The average Bonchev–Trinajstić information content (AvgIpc) is 2.16. The highest BCUT2D eigenvalue weighted by atomic mass is 19.1. The molecule has 2 N–H and O–H groups in total. The Kier molecular flexibility index (Phi) is 3.03. The zero-order valence-corrected chi connectivity index (χ0v) is 7.46. The molecule has 0 bridgehead atoms. The van der Waals surface area contributed by atoms with Crippen LogP contribution in [0, 0.1) is 5.82 Å². The van der Waals surface area contributed by atoms with Crippen molar-refractivity contribution >= 4 is 0 Å². The molecule has 1 atom stereocenters. The molecule has 13 heavy (non-hydrogen) atoms. The van der Waals surface area contributed by atoms with Gasteiger partial charge in [0.1, 0.15) is 11.6 Å². The Bertz CT molecular complexity index is 312. The lowest BCUT2D eigenvalue weighted by molar-refractivity contribution is 0.410. The van der Waals surface area contributed by atoms with E-state index >= 15 is 0 Å². The van der Waals surface area contributed by atoms with E-state index in [0.29, 0.717) is 11.3 Å². The van der Waals surface area contributed by atoms with Gasteiger partial charge < -0.3 is 10.5 Å². The van der Waals surface area contributed by atoms with Crippen molar-refractivity contribution in [3.63, 3.8) is 0 Å². The van der Waals surface area contributed by atoms with Crippen molar-refractivity contribution in [3.05, 3.63) is 42.2 Å². The van der Waals surface area contributed by atoms with E-state index < -0.39 is 6.04 Å². The van der Waals surface area contributed by atoms with Gasteiger partial charge in [-0.1, -0.05) is 12.1 Å². The summed E-state index contributed by atoms with van der Waals surface area (Å²) in [6.45, 7) is 3.50. The molecule has 3 heteroatoms. The number of hydrogen-bond donors (Lipinski definition) is 1. The maximum Gasteiger partial charge on any atom is 0.131 e. The molecule has 0 spiro atoms. The van der Waals surface area contributed by atoms with Crippen LogP contribution in [0.4, 0.5) is 4.39 Å². The maximum atomic E-state index is 13.3. The van der Waals surface area contributed by atoms with Gasteiger partial charge in [0.25, 0.3) is 0 Å². The van der Waals surface area contributed by atoms with E-state index in [-0.39, 0.29) is 5.82 Å². The van der Waals surface area contributed by atoms with Gasteiger partial charge in [-0.2, -0.15) is 0 Å². The lowest BCUT2D eigenvalue weighted by atomic mass is 10.1. The summed E-state index contributed by atoms with van der Waals surface area (Å²) in [7, 11) is 1.49. The fraction of sp³-hybridized carbons (Fsp3) is 0.200. The van der Waals surface area contributed by atoms with E-state index in [1.54, 1.807) is 12.1 Å². The van der Waals surface area contributed by atoms with Gasteiger partial charge in [-0.3, -0.25) is 0 Å². The van der Waals surface area contributed by atoms with Crippen molar-refractivity contribution in [2.24, 2.45) is 5.73 Å². The minimum Gasteiger partial charge on any atom is -0.497 e. The van der Waals surface area contributed by atoms with Crippen molar-refractivity contribution < 1.29 is 9.13 Å². The molecule has 1 rings (SSSR count). The topological polar surface area (TPSA) is 35.2 Å². The first-order chi connectivity index (χ1) is 6.19. The fourth-order valence-electron chi connectivity index (χ4n) is 1.03. The Morgan fingerprint density at radius 1 is 1.62 bits per heavy atom. The molecule has 1 aromatic rings. The molecule has 0 amide bonds. The van der Waals surface area contributed by atoms with E-state index in [0.717, 1.165) is 0 Å². The molecule has 0 fully saturated rings. The van der Waals surface area contributed by atoms with Crippen LogP contribution in [0.5, 0.6) is 5.75 Å².